The Labute approximate surface area is 307 Å². The molecule has 9 nitrogen and oxygen atoms in total. The Balaban J connectivity index is 4.60. The molecule has 0 aromatic heterocycles. The molecule has 0 saturated carbocycles. The lowest BCUT2D eigenvalue weighted by Crippen LogP contribution is -2.50. The molecule has 2 amide bonds. The lowest BCUT2D eigenvalue weighted by molar-refractivity contribution is -0.137. The van der Waals surface area contributed by atoms with Crippen LogP contribution in [0.25, 0.3) is 0 Å². The lowest BCUT2D eigenvalue weighted by Gasteiger charge is -2.24. The molecule has 0 rings (SSSR count). The average Bonchev–Trinajstić information content (AvgIpc) is 3.06. The van der Waals surface area contributed by atoms with Gasteiger partial charge in [0.05, 0.1) is 12.7 Å². The van der Waals surface area contributed by atoms with Crippen molar-refractivity contribution < 1.29 is 33.7 Å². The van der Waals surface area contributed by atoms with E-state index in [-0.39, 0.29) is 25.5 Å². The van der Waals surface area contributed by atoms with Crippen LogP contribution in [0.3, 0.4) is 0 Å². The van der Waals surface area contributed by atoms with E-state index in [0.29, 0.717) is 19.8 Å². The fourth-order valence-electron chi connectivity index (χ4n) is 5.94. The number of aliphatic carboxylic acids is 1. The standard InChI is InChI=1S/C41H80N2O7/c1-6-8-10-12-14-16-18-20-22-24-26-28-32-48-35-36(49-33-29-27-25-23-21-19-17-15-13-11-9-7-2)34-42-39(46)37(30-31-38(44)45)43-40(47)50-41(3,4)5/h36-37H,6-35H2,1-5H3,(H,42,46)(H,43,47)(H,44,45). The lowest BCUT2D eigenvalue weighted by atomic mass is 10.1. The van der Waals surface area contributed by atoms with Crippen molar-refractivity contribution in [1.82, 2.24) is 10.6 Å². The summed E-state index contributed by atoms with van der Waals surface area (Å²) in [6.45, 7) is 11.6. The van der Waals surface area contributed by atoms with Crippen molar-refractivity contribution in [2.45, 2.75) is 219 Å². The van der Waals surface area contributed by atoms with Gasteiger partial charge < -0.3 is 30.0 Å². The number of hydrogen-bond acceptors (Lipinski definition) is 6. The summed E-state index contributed by atoms with van der Waals surface area (Å²) in [5.41, 5.74) is -0.740. The molecule has 296 valence electrons. The molecular formula is C41H80N2O7. The minimum absolute atomic E-state index is 0.0414. The summed E-state index contributed by atoms with van der Waals surface area (Å²) in [6, 6.07) is -1.03. The molecule has 2 unspecified atom stereocenters. The van der Waals surface area contributed by atoms with Gasteiger partial charge in [0.15, 0.2) is 0 Å². The van der Waals surface area contributed by atoms with E-state index in [1.54, 1.807) is 20.8 Å². The maximum Gasteiger partial charge on any atom is 0.408 e. The van der Waals surface area contributed by atoms with Crippen molar-refractivity contribution in [2.75, 3.05) is 26.4 Å². The Bertz CT molecular complexity index is 802. The van der Waals surface area contributed by atoms with E-state index in [2.05, 4.69) is 24.5 Å². The van der Waals surface area contributed by atoms with E-state index in [1.807, 2.05) is 0 Å². The molecule has 0 aliphatic carbocycles. The minimum Gasteiger partial charge on any atom is -0.481 e. The zero-order valence-corrected chi connectivity index (χ0v) is 33.3. The molecule has 9 heteroatoms. The summed E-state index contributed by atoms with van der Waals surface area (Å²) in [5.74, 6) is -1.50. The summed E-state index contributed by atoms with van der Waals surface area (Å²) in [7, 11) is 0. The molecule has 0 aromatic rings. The van der Waals surface area contributed by atoms with Crippen LogP contribution in [0.15, 0.2) is 0 Å². The van der Waals surface area contributed by atoms with Crippen molar-refractivity contribution in [1.29, 1.82) is 0 Å². The van der Waals surface area contributed by atoms with Crippen LogP contribution in [0.5, 0.6) is 0 Å². The quantitative estimate of drug-likeness (QED) is 0.0552. The second-order valence-corrected chi connectivity index (χ2v) is 15.2. The predicted octanol–water partition coefficient (Wildman–Crippen LogP) is 10.7. The summed E-state index contributed by atoms with van der Waals surface area (Å²) in [6.07, 6.45) is 29.4. The van der Waals surface area contributed by atoms with Crippen LogP contribution in [-0.2, 0) is 23.8 Å². The smallest absolute Gasteiger partial charge is 0.408 e. The molecule has 0 fully saturated rings. The van der Waals surface area contributed by atoms with Gasteiger partial charge in [-0.25, -0.2) is 4.79 Å². The van der Waals surface area contributed by atoms with Crippen LogP contribution in [0, 0.1) is 0 Å². The summed E-state index contributed by atoms with van der Waals surface area (Å²) >= 11 is 0. The third kappa shape index (κ3) is 34.6. The Morgan fingerprint density at radius 1 is 0.620 bits per heavy atom. The predicted molar refractivity (Wildman–Crippen MR) is 206 cm³/mol. The first-order valence-corrected chi connectivity index (χ1v) is 20.8. The molecule has 0 saturated heterocycles. The zero-order chi connectivity index (χ0) is 37.1. The highest BCUT2D eigenvalue weighted by Gasteiger charge is 2.25. The van der Waals surface area contributed by atoms with Crippen LogP contribution >= 0.6 is 0 Å². The highest BCUT2D eigenvalue weighted by Crippen LogP contribution is 2.14. The zero-order valence-electron chi connectivity index (χ0n) is 33.3. The third-order valence-corrected chi connectivity index (χ3v) is 8.96. The number of ether oxygens (including phenoxy) is 3. The third-order valence-electron chi connectivity index (χ3n) is 8.96. The van der Waals surface area contributed by atoms with Gasteiger partial charge in [-0.15, -0.1) is 0 Å². The van der Waals surface area contributed by atoms with Crippen LogP contribution in [-0.4, -0.2) is 67.2 Å². The monoisotopic (exact) mass is 713 g/mol. The van der Waals surface area contributed by atoms with Gasteiger partial charge in [-0.05, 0) is 40.0 Å². The number of carbonyl (C=O) groups excluding carboxylic acids is 2. The molecule has 0 aliphatic heterocycles. The van der Waals surface area contributed by atoms with E-state index < -0.39 is 29.6 Å². The summed E-state index contributed by atoms with van der Waals surface area (Å²) < 4.78 is 17.5. The van der Waals surface area contributed by atoms with E-state index in [0.717, 1.165) is 25.7 Å². The van der Waals surface area contributed by atoms with Crippen LogP contribution in [0.1, 0.15) is 202 Å². The van der Waals surface area contributed by atoms with Crippen LogP contribution in [0.2, 0.25) is 0 Å². The van der Waals surface area contributed by atoms with Gasteiger partial charge in [0.25, 0.3) is 0 Å². The van der Waals surface area contributed by atoms with Gasteiger partial charge >= 0.3 is 12.1 Å². The van der Waals surface area contributed by atoms with Gasteiger partial charge in [0.2, 0.25) is 5.91 Å². The molecule has 0 aromatic carbocycles. The summed E-state index contributed by atoms with van der Waals surface area (Å²) in [5, 5.41) is 14.6. The molecule has 0 aliphatic rings. The van der Waals surface area contributed by atoms with E-state index in [4.69, 9.17) is 14.2 Å². The molecule has 3 N–H and O–H groups in total. The van der Waals surface area contributed by atoms with Gasteiger partial charge in [0.1, 0.15) is 11.6 Å². The Kier molecular flexibility index (Phi) is 32.9. The normalized spacial score (nSPS) is 12.8. The van der Waals surface area contributed by atoms with E-state index in [1.165, 1.54) is 128 Å². The minimum atomic E-state index is -1.04. The van der Waals surface area contributed by atoms with Gasteiger partial charge in [-0.1, -0.05) is 155 Å². The van der Waals surface area contributed by atoms with E-state index in [9.17, 15) is 19.5 Å². The maximum absolute atomic E-state index is 13.1. The number of alkyl carbamates (subject to hydrolysis) is 1. The van der Waals surface area contributed by atoms with Gasteiger partial charge in [-0.3, -0.25) is 9.59 Å². The SMILES string of the molecule is CCCCCCCCCCCCCCOCC(CNC(=O)C(CCC(=O)O)NC(=O)OC(C)(C)C)OCCCCCCCCCCCCCC. The molecule has 0 heterocycles. The van der Waals surface area contributed by atoms with Crippen molar-refractivity contribution in [3.63, 3.8) is 0 Å². The van der Waals surface area contributed by atoms with Crippen molar-refractivity contribution in [3.8, 4) is 0 Å². The topological polar surface area (TPSA) is 123 Å². The average molecular weight is 713 g/mol. The number of rotatable bonds is 36. The van der Waals surface area contributed by atoms with Gasteiger partial charge in [0, 0.05) is 26.2 Å². The fraction of sp³-hybridized carbons (Fsp3) is 0.927. The van der Waals surface area contributed by atoms with Crippen molar-refractivity contribution >= 4 is 18.0 Å². The number of carbonyl (C=O) groups is 3. The first-order chi connectivity index (χ1) is 24.1. The number of carboxylic acids is 1. The number of amides is 2. The first kappa shape index (κ1) is 48.1. The second-order valence-electron chi connectivity index (χ2n) is 15.2. The summed E-state index contributed by atoms with van der Waals surface area (Å²) in [4.78, 5) is 36.7. The molecule has 0 radical (unpaired) electrons. The van der Waals surface area contributed by atoms with Gasteiger partial charge in [-0.2, -0.15) is 0 Å². The number of hydrogen-bond donors (Lipinski definition) is 3. The van der Waals surface area contributed by atoms with Crippen molar-refractivity contribution in [3.05, 3.63) is 0 Å². The number of carboxylic acid groups (broad SMARTS) is 1. The highest BCUT2D eigenvalue weighted by atomic mass is 16.6. The first-order valence-electron chi connectivity index (χ1n) is 20.8. The van der Waals surface area contributed by atoms with Crippen LogP contribution in [0.4, 0.5) is 4.79 Å². The molecule has 2 atom stereocenters. The molecule has 50 heavy (non-hydrogen) atoms. The number of nitrogens with one attached hydrogen (secondary N) is 2. The molecular weight excluding hydrogens is 632 g/mol. The molecule has 0 bridgehead atoms. The molecule has 0 spiro atoms. The van der Waals surface area contributed by atoms with Crippen molar-refractivity contribution in [2.24, 2.45) is 0 Å². The Morgan fingerprint density at radius 2 is 1.04 bits per heavy atom. The van der Waals surface area contributed by atoms with Crippen LogP contribution < -0.4 is 10.6 Å². The Morgan fingerprint density at radius 3 is 1.46 bits per heavy atom. The number of unbranched alkanes of at least 4 members (excludes halogenated alkanes) is 22. The maximum atomic E-state index is 13.1. The second kappa shape index (κ2) is 34.2. The van der Waals surface area contributed by atoms with E-state index >= 15 is 0 Å². The largest absolute Gasteiger partial charge is 0.481 e. The fourth-order valence-corrected chi connectivity index (χ4v) is 5.94. The Hall–Kier alpha value is -1.87. The highest BCUT2D eigenvalue weighted by molar-refractivity contribution is 5.86.